The summed E-state index contributed by atoms with van der Waals surface area (Å²) in [5.74, 6) is 2.51. The van der Waals surface area contributed by atoms with E-state index in [4.69, 9.17) is 9.47 Å². The van der Waals surface area contributed by atoms with E-state index >= 15 is 0 Å². The van der Waals surface area contributed by atoms with E-state index in [9.17, 15) is 0 Å². The van der Waals surface area contributed by atoms with Gasteiger partial charge in [-0.15, -0.1) is 5.10 Å². The second-order valence-corrected chi connectivity index (χ2v) is 7.37. The maximum absolute atomic E-state index is 5.55. The van der Waals surface area contributed by atoms with Crippen LogP contribution in [0.15, 0.2) is 48.5 Å². The van der Waals surface area contributed by atoms with Gasteiger partial charge in [0.1, 0.15) is 0 Å². The van der Waals surface area contributed by atoms with Gasteiger partial charge in [-0.2, -0.15) is 4.68 Å². The summed E-state index contributed by atoms with van der Waals surface area (Å²) in [4.78, 5) is 2.50. The van der Waals surface area contributed by atoms with Gasteiger partial charge in [-0.3, -0.25) is 4.90 Å². The summed E-state index contributed by atoms with van der Waals surface area (Å²) in [6.07, 6.45) is 5.01. The summed E-state index contributed by atoms with van der Waals surface area (Å²) >= 11 is 0. The number of para-hydroxylation sites is 1. The van der Waals surface area contributed by atoms with Crippen molar-refractivity contribution in [1.29, 1.82) is 0 Å². The molecule has 2 heterocycles. The molecule has 7 heteroatoms. The predicted octanol–water partition coefficient (Wildman–Crippen LogP) is 3.34. The van der Waals surface area contributed by atoms with Gasteiger partial charge in [0.15, 0.2) is 17.3 Å². The van der Waals surface area contributed by atoms with Crippen LogP contribution < -0.4 is 9.47 Å². The molecule has 7 nitrogen and oxygen atoms in total. The van der Waals surface area contributed by atoms with E-state index in [1.54, 1.807) is 0 Å². The van der Waals surface area contributed by atoms with Crippen LogP contribution in [-0.2, 0) is 13.1 Å². The number of hydrogen-bond acceptors (Lipinski definition) is 6. The first-order valence-corrected chi connectivity index (χ1v) is 9.82. The van der Waals surface area contributed by atoms with Gasteiger partial charge in [0, 0.05) is 12.6 Å². The molecular weight excluding hydrogens is 354 g/mol. The molecule has 1 fully saturated rings. The SMILES string of the molecule is c1ccc(-n2nnnc2CN(Cc2ccc3c(c2)OCO3)C2CCCC2)cc1. The summed E-state index contributed by atoms with van der Waals surface area (Å²) < 4.78 is 12.8. The molecule has 0 saturated heterocycles. The average molecular weight is 377 g/mol. The minimum Gasteiger partial charge on any atom is -0.454 e. The van der Waals surface area contributed by atoms with E-state index in [2.05, 4.69) is 32.6 Å². The Bertz CT molecular complexity index is 937. The van der Waals surface area contributed by atoms with Crippen LogP contribution in [-0.4, -0.2) is 37.9 Å². The standard InChI is InChI=1S/C21H23N5O2/c1-2-8-18(9-3-1)26-21(22-23-24-26)14-25(17-6-4-5-7-17)13-16-10-11-19-20(12-16)28-15-27-19/h1-3,8-12,17H,4-7,13-15H2. The van der Waals surface area contributed by atoms with Crippen molar-refractivity contribution >= 4 is 0 Å². The van der Waals surface area contributed by atoms with Crippen LogP contribution in [0.2, 0.25) is 0 Å². The summed E-state index contributed by atoms with van der Waals surface area (Å²) in [6, 6.07) is 16.8. The first-order valence-electron chi connectivity index (χ1n) is 9.82. The maximum Gasteiger partial charge on any atom is 0.231 e. The minimum absolute atomic E-state index is 0.303. The highest BCUT2D eigenvalue weighted by Gasteiger charge is 2.25. The van der Waals surface area contributed by atoms with Crippen molar-refractivity contribution in [3.8, 4) is 17.2 Å². The van der Waals surface area contributed by atoms with Crippen molar-refractivity contribution in [2.45, 2.75) is 44.8 Å². The van der Waals surface area contributed by atoms with Crippen LogP contribution >= 0.6 is 0 Å². The zero-order chi connectivity index (χ0) is 18.8. The van der Waals surface area contributed by atoms with E-state index in [1.807, 2.05) is 41.1 Å². The molecule has 0 radical (unpaired) electrons. The Morgan fingerprint density at radius 3 is 2.64 bits per heavy atom. The van der Waals surface area contributed by atoms with Crippen molar-refractivity contribution in [1.82, 2.24) is 25.1 Å². The van der Waals surface area contributed by atoms with Crippen molar-refractivity contribution in [2.24, 2.45) is 0 Å². The molecular formula is C21H23N5O2. The fourth-order valence-electron chi connectivity index (χ4n) is 4.11. The zero-order valence-corrected chi connectivity index (χ0v) is 15.7. The molecule has 0 atom stereocenters. The molecule has 5 rings (SSSR count). The molecule has 1 saturated carbocycles. The molecule has 2 aliphatic rings. The molecule has 0 N–H and O–H groups in total. The van der Waals surface area contributed by atoms with Gasteiger partial charge in [0.2, 0.25) is 6.79 Å². The van der Waals surface area contributed by atoms with E-state index in [1.165, 1.54) is 31.2 Å². The first kappa shape index (κ1) is 17.2. The van der Waals surface area contributed by atoms with Gasteiger partial charge >= 0.3 is 0 Å². The Balaban J connectivity index is 1.40. The molecule has 144 valence electrons. The summed E-state index contributed by atoms with van der Waals surface area (Å²) in [7, 11) is 0. The lowest BCUT2D eigenvalue weighted by molar-refractivity contribution is 0.171. The maximum atomic E-state index is 5.55. The van der Waals surface area contributed by atoms with Gasteiger partial charge in [-0.1, -0.05) is 37.1 Å². The Labute approximate surface area is 163 Å². The fraction of sp³-hybridized carbons (Fsp3) is 0.381. The second kappa shape index (κ2) is 7.59. The van der Waals surface area contributed by atoms with Crippen LogP contribution in [0.3, 0.4) is 0 Å². The molecule has 1 aromatic heterocycles. The van der Waals surface area contributed by atoms with E-state index in [-0.39, 0.29) is 0 Å². The molecule has 0 spiro atoms. The van der Waals surface area contributed by atoms with Crippen molar-refractivity contribution in [2.75, 3.05) is 6.79 Å². The normalized spacial score (nSPS) is 16.2. The average Bonchev–Trinajstić information content (AvgIpc) is 3.49. The highest BCUT2D eigenvalue weighted by atomic mass is 16.7. The minimum atomic E-state index is 0.303. The number of benzene rings is 2. The highest BCUT2D eigenvalue weighted by molar-refractivity contribution is 5.44. The Hall–Kier alpha value is -2.93. The molecule has 1 aliphatic carbocycles. The fourth-order valence-corrected chi connectivity index (χ4v) is 4.11. The number of tetrazole rings is 1. The Morgan fingerprint density at radius 1 is 0.964 bits per heavy atom. The Morgan fingerprint density at radius 2 is 1.79 bits per heavy atom. The number of nitrogens with zero attached hydrogens (tertiary/aromatic N) is 5. The largest absolute Gasteiger partial charge is 0.454 e. The number of hydrogen-bond donors (Lipinski definition) is 0. The lowest BCUT2D eigenvalue weighted by Crippen LogP contribution is -2.33. The molecule has 0 unspecified atom stereocenters. The van der Waals surface area contributed by atoms with Gasteiger partial charge in [-0.25, -0.2) is 0 Å². The van der Waals surface area contributed by atoms with E-state index < -0.39 is 0 Å². The summed E-state index contributed by atoms with van der Waals surface area (Å²) in [6.45, 7) is 1.85. The van der Waals surface area contributed by atoms with Gasteiger partial charge < -0.3 is 9.47 Å². The van der Waals surface area contributed by atoms with Crippen LogP contribution in [0, 0.1) is 0 Å². The lowest BCUT2D eigenvalue weighted by Gasteiger charge is -2.28. The second-order valence-electron chi connectivity index (χ2n) is 7.37. The molecule has 28 heavy (non-hydrogen) atoms. The lowest BCUT2D eigenvalue weighted by atomic mass is 10.1. The Kier molecular flexibility index (Phi) is 4.66. The third-order valence-corrected chi connectivity index (χ3v) is 5.54. The number of fused-ring (bicyclic) bond motifs is 1. The third-order valence-electron chi connectivity index (χ3n) is 5.54. The first-order chi connectivity index (χ1) is 13.9. The topological polar surface area (TPSA) is 65.3 Å². The predicted molar refractivity (Wildman–Crippen MR) is 103 cm³/mol. The number of aromatic nitrogens is 4. The number of ether oxygens (including phenoxy) is 2. The van der Waals surface area contributed by atoms with Gasteiger partial charge in [-0.05, 0) is 53.1 Å². The van der Waals surface area contributed by atoms with Crippen LogP contribution in [0.25, 0.3) is 5.69 Å². The van der Waals surface area contributed by atoms with Crippen LogP contribution in [0.4, 0.5) is 0 Å². The monoisotopic (exact) mass is 377 g/mol. The van der Waals surface area contributed by atoms with Crippen molar-refractivity contribution in [3.05, 3.63) is 59.9 Å². The zero-order valence-electron chi connectivity index (χ0n) is 15.7. The van der Waals surface area contributed by atoms with E-state index in [0.717, 1.165) is 29.6 Å². The summed E-state index contributed by atoms with van der Waals surface area (Å²) in [5, 5.41) is 12.5. The summed E-state index contributed by atoms with van der Waals surface area (Å²) in [5.41, 5.74) is 2.20. The van der Waals surface area contributed by atoms with E-state index in [0.29, 0.717) is 19.4 Å². The smallest absolute Gasteiger partial charge is 0.231 e. The third kappa shape index (κ3) is 3.45. The molecule has 1 aliphatic heterocycles. The molecule has 0 amide bonds. The van der Waals surface area contributed by atoms with Gasteiger partial charge in [0.05, 0.1) is 12.2 Å². The molecule has 2 aromatic carbocycles. The molecule has 3 aromatic rings. The quantitative estimate of drug-likeness (QED) is 0.656. The van der Waals surface area contributed by atoms with Crippen molar-refractivity contribution in [3.63, 3.8) is 0 Å². The van der Waals surface area contributed by atoms with Crippen LogP contribution in [0.5, 0.6) is 11.5 Å². The van der Waals surface area contributed by atoms with Gasteiger partial charge in [0.25, 0.3) is 0 Å². The number of rotatable bonds is 6. The van der Waals surface area contributed by atoms with Crippen LogP contribution in [0.1, 0.15) is 37.1 Å². The highest BCUT2D eigenvalue weighted by Crippen LogP contribution is 2.34. The van der Waals surface area contributed by atoms with Crippen molar-refractivity contribution < 1.29 is 9.47 Å². The molecule has 0 bridgehead atoms.